The molecule has 3 aromatic carbocycles. The highest BCUT2D eigenvalue weighted by molar-refractivity contribution is 6.06. The Morgan fingerprint density at radius 3 is 2.42 bits per heavy atom. The van der Waals surface area contributed by atoms with Gasteiger partial charge in [-0.1, -0.05) is 43.3 Å². The predicted octanol–water partition coefficient (Wildman–Crippen LogP) is 8.70. The zero-order valence-electron chi connectivity index (χ0n) is 46.9. The van der Waals surface area contributed by atoms with E-state index in [1.54, 1.807) is 42.1 Å². The average Bonchev–Trinajstić information content (AvgIpc) is 3.86. The fourth-order valence-corrected chi connectivity index (χ4v) is 11.1. The summed E-state index contributed by atoms with van der Waals surface area (Å²) in [5, 5.41) is 25.7. The van der Waals surface area contributed by atoms with Gasteiger partial charge in [0.25, 0.3) is 0 Å². The van der Waals surface area contributed by atoms with Crippen molar-refractivity contribution in [3.8, 4) is 34.1 Å². The van der Waals surface area contributed by atoms with Gasteiger partial charge in [-0.2, -0.15) is 15.1 Å². The fraction of sp³-hybridized carbons (Fsp3) is 0.552. The molecule has 4 fully saturated rings. The van der Waals surface area contributed by atoms with E-state index in [4.69, 9.17) is 43.5 Å². The number of hydrogen-bond acceptors (Lipinski definition) is 16. The van der Waals surface area contributed by atoms with Crippen molar-refractivity contribution in [3.05, 3.63) is 71.3 Å². The van der Waals surface area contributed by atoms with Gasteiger partial charge in [-0.3, -0.25) is 4.79 Å². The number of carbonyl (C=O) groups is 3. The molecule has 79 heavy (non-hydrogen) atoms. The lowest BCUT2D eigenvalue weighted by atomic mass is 9.88. The van der Waals surface area contributed by atoms with Crippen molar-refractivity contribution in [3.63, 3.8) is 0 Å². The van der Waals surface area contributed by atoms with Crippen molar-refractivity contribution >= 4 is 45.6 Å². The van der Waals surface area contributed by atoms with E-state index in [0.717, 1.165) is 54.2 Å². The van der Waals surface area contributed by atoms with Crippen molar-refractivity contribution in [2.45, 2.75) is 148 Å². The summed E-state index contributed by atoms with van der Waals surface area (Å²) in [6.07, 6.45) is 6.92. The smallest absolute Gasteiger partial charge is 0.410 e. The molecule has 1 unspecified atom stereocenters. The van der Waals surface area contributed by atoms with Crippen LogP contribution in [0, 0.1) is 18.7 Å². The van der Waals surface area contributed by atoms with Crippen LogP contribution in [0.4, 0.5) is 15.0 Å². The second kappa shape index (κ2) is 22.6. The predicted molar refractivity (Wildman–Crippen MR) is 292 cm³/mol. The second-order valence-electron chi connectivity index (χ2n) is 22.9. The first kappa shape index (κ1) is 55.3. The molecule has 3 aliphatic heterocycles. The molecule has 0 spiro atoms. The first-order valence-corrected chi connectivity index (χ1v) is 27.6. The highest BCUT2D eigenvalue weighted by Gasteiger charge is 2.44. The first-order chi connectivity index (χ1) is 37.8. The number of aliphatic hydroxyl groups excluding tert-OH is 1. The van der Waals surface area contributed by atoms with Crippen LogP contribution in [0.5, 0.6) is 11.8 Å². The Bertz CT molecular complexity index is 3220. The summed E-state index contributed by atoms with van der Waals surface area (Å²) in [6.45, 7) is 14.8. The van der Waals surface area contributed by atoms with Crippen LogP contribution in [0.25, 0.3) is 44.2 Å². The third-order valence-corrected chi connectivity index (χ3v) is 15.6. The number of amides is 2. The number of likely N-dealkylation sites (N-methyl/N-ethyl adjacent to an activating group) is 1. The Labute approximate surface area is 459 Å². The molecule has 422 valence electrons. The van der Waals surface area contributed by atoms with E-state index in [-0.39, 0.29) is 80.2 Å². The maximum Gasteiger partial charge on any atom is 0.410 e. The van der Waals surface area contributed by atoms with Gasteiger partial charge in [0.15, 0.2) is 12.0 Å². The Hall–Kier alpha value is -6.97. The number of esters is 1. The van der Waals surface area contributed by atoms with Gasteiger partial charge in [0, 0.05) is 86.4 Å². The molecule has 2 amide bonds. The third kappa shape index (κ3) is 11.4. The van der Waals surface area contributed by atoms with Gasteiger partial charge in [0.05, 0.1) is 37.2 Å². The molecule has 6 heterocycles. The number of hydrogen-bond donors (Lipinski definition) is 1. The monoisotopic (exact) mass is 1090 g/mol. The lowest BCUT2D eigenvalue weighted by Crippen LogP contribution is -2.46. The van der Waals surface area contributed by atoms with Crippen LogP contribution in [0.1, 0.15) is 121 Å². The minimum Gasteiger partial charge on any atom is -0.486 e. The van der Waals surface area contributed by atoms with Crippen LogP contribution < -0.4 is 14.4 Å². The quantitative estimate of drug-likeness (QED) is 0.0847. The van der Waals surface area contributed by atoms with Crippen molar-refractivity contribution in [1.82, 2.24) is 44.5 Å². The van der Waals surface area contributed by atoms with E-state index < -0.39 is 29.8 Å². The fourth-order valence-electron chi connectivity index (χ4n) is 11.1. The molecule has 3 aromatic heterocycles. The topological polar surface area (TPSA) is 211 Å². The Balaban J connectivity index is 1.06. The summed E-state index contributed by atoms with van der Waals surface area (Å²) in [5.41, 5.74) is 5.26. The normalized spacial score (nSPS) is 20.5. The van der Waals surface area contributed by atoms with E-state index in [1.807, 2.05) is 72.9 Å². The van der Waals surface area contributed by atoms with Gasteiger partial charge in [-0.15, -0.1) is 5.10 Å². The zero-order chi connectivity index (χ0) is 56.0. The maximum atomic E-state index is 16.8. The molecule has 6 atom stereocenters. The van der Waals surface area contributed by atoms with Gasteiger partial charge >= 0.3 is 18.1 Å². The van der Waals surface area contributed by atoms with E-state index in [1.165, 1.54) is 16.7 Å². The SMILES string of the molecule is COC(=O)[C@@H]1C[C@@H](O)CN1C(=O)[C@H](C(C)C)n1cc(-c2ccc(COc3c(-c4c(C)c(F)cc5c4cnn5C4CCCCO4)c(C4CC4)cc4c(N(C)[C@H]5CCN(C(=O)OC(C)(C)C)C5)nc(OC[C@H](C)OC)nc34)cc2)nn1. The molecule has 1 aliphatic carbocycles. The molecule has 4 aliphatic rings. The highest BCUT2D eigenvalue weighted by Crippen LogP contribution is 2.53. The molecule has 6 aromatic rings. The number of fused-ring (bicyclic) bond motifs is 2. The molecule has 0 bridgehead atoms. The number of rotatable bonds is 17. The summed E-state index contributed by atoms with van der Waals surface area (Å²) in [6, 6.07) is 9.63. The van der Waals surface area contributed by atoms with Crippen LogP contribution in [0.15, 0.2) is 48.8 Å². The largest absolute Gasteiger partial charge is 0.486 e. The number of ether oxygens (including phenoxy) is 6. The Morgan fingerprint density at radius 2 is 1.73 bits per heavy atom. The molecule has 0 radical (unpaired) electrons. The second-order valence-corrected chi connectivity index (χ2v) is 22.9. The van der Waals surface area contributed by atoms with Crippen LogP contribution in [-0.4, -0.2) is 152 Å². The molecule has 21 heteroatoms. The number of anilines is 1. The van der Waals surface area contributed by atoms with E-state index in [9.17, 15) is 19.5 Å². The number of aromatic nitrogens is 7. The summed E-state index contributed by atoms with van der Waals surface area (Å²) in [4.78, 5) is 55.5. The van der Waals surface area contributed by atoms with Crippen molar-refractivity contribution in [2.24, 2.45) is 5.92 Å². The summed E-state index contributed by atoms with van der Waals surface area (Å²) in [7, 11) is 4.85. The van der Waals surface area contributed by atoms with Crippen LogP contribution in [-0.2, 0) is 35.1 Å². The molecule has 3 saturated heterocycles. The minimum atomic E-state index is -0.900. The summed E-state index contributed by atoms with van der Waals surface area (Å²) in [5.74, 6) is -0.431. The standard InChI is InChI=1S/C58H73FN10O10/c1-32(2)51(54(71)67-28-39(70)23-46(67)55(72)75-10)68-29-44(63-64-68)37-16-14-35(15-17-37)31-77-52-49(48-34(4)43(59)25-45-42(48)26-60-69(45)47-13-11-12-22-76-47)40(36-18-19-36)24-41-50(52)61-56(78-30-33(3)74-9)62-53(41)65(8)38-20-21-66(27-38)57(73)79-58(5,6)7/h14-17,24-26,29,32-33,36,38-39,46-47,51,70H,11-13,18-23,27-28,30-31H2,1-10H3/t33-,38-,39+,46-,47?,51-/m0/s1. The number of carbonyl (C=O) groups excluding carboxylic acids is 3. The van der Waals surface area contributed by atoms with Gasteiger partial charge in [0.1, 0.15) is 53.7 Å². The lowest BCUT2D eigenvalue weighted by Gasteiger charge is -2.29. The highest BCUT2D eigenvalue weighted by atomic mass is 19.1. The number of nitrogens with zero attached hydrogens (tertiary/aromatic N) is 10. The number of methoxy groups -OCH3 is 2. The molecule has 1 N–H and O–H groups in total. The van der Waals surface area contributed by atoms with Crippen molar-refractivity contribution in [1.29, 1.82) is 0 Å². The molecule has 10 rings (SSSR count). The minimum absolute atomic E-state index is 0.00624. The molecular weight excluding hydrogens is 1020 g/mol. The number of likely N-dealkylation sites (tertiary alicyclic amines) is 2. The molecule has 1 saturated carbocycles. The van der Waals surface area contributed by atoms with Crippen molar-refractivity contribution in [2.75, 3.05) is 59.0 Å². The summed E-state index contributed by atoms with van der Waals surface area (Å²) < 4.78 is 56.2. The number of halogens is 1. The number of β-amino-alcohol motifs (C(OH)–C–C–N with tert-alkyl or cyclic N) is 1. The van der Waals surface area contributed by atoms with Gasteiger partial charge in [-0.25, -0.2) is 23.3 Å². The molecular formula is C58H73FN10O10. The lowest BCUT2D eigenvalue weighted by molar-refractivity contribution is -0.152. The van der Waals surface area contributed by atoms with E-state index >= 15 is 4.39 Å². The van der Waals surface area contributed by atoms with E-state index in [2.05, 4.69) is 21.3 Å². The van der Waals surface area contributed by atoms with Crippen LogP contribution in [0.3, 0.4) is 0 Å². The van der Waals surface area contributed by atoms with Crippen LogP contribution >= 0.6 is 0 Å². The Morgan fingerprint density at radius 1 is 0.962 bits per heavy atom. The Kier molecular flexibility index (Phi) is 15.9. The number of benzene rings is 3. The van der Waals surface area contributed by atoms with Gasteiger partial charge in [0.2, 0.25) is 5.91 Å². The van der Waals surface area contributed by atoms with Crippen LogP contribution in [0.2, 0.25) is 0 Å². The first-order valence-electron chi connectivity index (χ1n) is 27.6. The average molecular weight is 1090 g/mol. The van der Waals surface area contributed by atoms with E-state index in [0.29, 0.717) is 76.5 Å². The van der Waals surface area contributed by atoms with Gasteiger partial charge in [-0.05, 0) is 108 Å². The molecule has 20 nitrogen and oxygen atoms in total. The van der Waals surface area contributed by atoms with Crippen molar-refractivity contribution < 1.29 is 52.3 Å². The van der Waals surface area contributed by atoms with Gasteiger partial charge < -0.3 is 48.2 Å². The third-order valence-electron chi connectivity index (χ3n) is 15.6. The maximum absolute atomic E-state index is 16.8. The number of aliphatic hydroxyl groups is 1. The zero-order valence-corrected chi connectivity index (χ0v) is 46.9. The summed E-state index contributed by atoms with van der Waals surface area (Å²) >= 11 is 0.